The van der Waals surface area contributed by atoms with Gasteiger partial charge >= 0.3 is 0 Å². The van der Waals surface area contributed by atoms with Gasteiger partial charge in [0.1, 0.15) is 12.4 Å². The molecule has 10 nitrogen and oxygen atoms in total. The van der Waals surface area contributed by atoms with Crippen LogP contribution in [0.4, 0.5) is 0 Å². The van der Waals surface area contributed by atoms with Crippen molar-refractivity contribution in [3.63, 3.8) is 0 Å². The third-order valence-corrected chi connectivity index (χ3v) is 8.25. The summed E-state index contributed by atoms with van der Waals surface area (Å²) in [5, 5.41) is 20.3. The lowest BCUT2D eigenvalue weighted by Gasteiger charge is -2.24. The number of hydrogen-bond donors (Lipinski definition) is 1. The van der Waals surface area contributed by atoms with Crippen LogP contribution in [0.3, 0.4) is 0 Å². The molecule has 2 aromatic carbocycles. The van der Waals surface area contributed by atoms with Gasteiger partial charge in [0, 0.05) is 24.6 Å². The van der Waals surface area contributed by atoms with Crippen molar-refractivity contribution in [1.82, 2.24) is 14.5 Å². The molecule has 0 spiro atoms. The summed E-state index contributed by atoms with van der Waals surface area (Å²) in [7, 11) is -3.08. The van der Waals surface area contributed by atoms with Crippen molar-refractivity contribution >= 4 is 9.84 Å². The molecule has 0 unspecified atom stereocenters. The molecule has 2 heterocycles. The van der Waals surface area contributed by atoms with Crippen molar-refractivity contribution in [3.05, 3.63) is 99.9 Å². The number of aromatic hydroxyl groups is 1. The minimum atomic E-state index is -4.52. The summed E-state index contributed by atoms with van der Waals surface area (Å²) in [6.07, 6.45) is 1.43. The first-order valence-corrected chi connectivity index (χ1v) is 14.3. The molecule has 0 aliphatic heterocycles. The second-order valence-corrected chi connectivity index (χ2v) is 11.5. The number of aryl methyl sites for hydroxylation is 1. The molecule has 11 heteroatoms. The molecule has 1 N–H and O–H groups in total. The van der Waals surface area contributed by atoms with Gasteiger partial charge in [-0.3, -0.25) is 14.3 Å². The predicted octanol–water partition coefficient (Wildman–Crippen LogP) is 4.18. The predicted molar refractivity (Wildman–Crippen MR) is 151 cm³/mol. The summed E-state index contributed by atoms with van der Waals surface area (Å²) in [5.41, 5.74) is 2.23. The van der Waals surface area contributed by atoms with Gasteiger partial charge in [-0.05, 0) is 62.2 Å². The van der Waals surface area contributed by atoms with E-state index in [0.29, 0.717) is 11.1 Å². The third kappa shape index (κ3) is 6.20. The molecule has 1 atom stereocenters. The van der Waals surface area contributed by atoms with E-state index in [1.807, 2.05) is 13.0 Å². The smallest absolute Gasteiger partial charge is 0.277 e. The van der Waals surface area contributed by atoms with Crippen molar-refractivity contribution in [2.75, 3.05) is 13.7 Å². The van der Waals surface area contributed by atoms with Crippen LogP contribution in [-0.4, -0.2) is 47.9 Å². The third-order valence-electron chi connectivity index (χ3n) is 6.46. The van der Waals surface area contributed by atoms with Crippen molar-refractivity contribution < 1.29 is 23.0 Å². The summed E-state index contributed by atoms with van der Waals surface area (Å²) >= 11 is 0. The Morgan fingerprint density at radius 3 is 2.46 bits per heavy atom. The number of methoxy groups -OCH3 is 1. The molecule has 2 aromatic heterocycles. The number of nitriles is 1. The summed E-state index contributed by atoms with van der Waals surface area (Å²) < 4.78 is 39.8. The molecule has 4 aromatic rings. The van der Waals surface area contributed by atoms with Gasteiger partial charge in [-0.1, -0.05) is 30.3 Å². The fourth-order valence-electron chi connectivity index (χ4n) is 4.46. The van der Waals surface area contributed by atoms with Gasteiger partial charge in [0.05, 0.1) is 35.3 Å². The quantitative estimate of drug-likeness (QED) is 0.295. The zero-order valence-electron chi connectivity index (χ0n) is 23.1. The number of aromatic nitrogens is 3. The maximum absolute atomic E-state index is 14.1. The largest absolute Gasteiger partial charge is 0.492 e. The van der Waals surface area contributed by atoms with Gasteiger partial charge in [-0.2, -0.15) is 10.2 Å². The van der Waals surface area contributed by atoms with Gasteiger partial charge in [0.2, 0.25) is 15.7 Å². The van der Waals surface area contributed by atoms with Crippen molar-refractivity contribution in [2.24, 2.45) is 0 Å². The Bertz CT molecular complexity index is 1760. The monoisotopic (exact) mass is 574 g/mol. The summed E-state index contributed by atoms with van der Waals surface area (Å²) in [4.78, 5) is 21.4. The summed E-state index contributed by atoms with van der Waals surface area (Å²) in [5.74, 6) is -0.922. The van der Waals surface area contributed by atoms with Crippen LogP contribution in [0.2, 0.25) is 0 Å². The van der Waals surface area contributed by atoms with Crippen LogP contribution in [0.1, 0.15) is 42.5 Å². The molecule has 212 valence electrons. The molecule has 4 rings (SSSR count). The maximum atomic E-state index is 14.1. The van der Waals surface area contributed by atoms with E-state index < -0.39 is 32.2 Å². The van der Waals surface area contributed by atoms with Crippen LogP contribution < -0.4 is 5.56 Å². The molecule has 0 fully saturated rings. The Morgan fingerprint density at radius 1 is 1.10 bits per heavy atom. The maximum Gasteiger partial charge on any atom is 0.277 e. The van der Waals surface area contributed by atoms with E-state index in [9.17, 15) is 23.6 Å². The average molecular weight is 575 g/mol. The zero-order valence-corrected chi connectivity index (χ0v) is 23.9. The van der Waals surface area contributed by atoms with Gasteiger partial charge in [0.15, 0.2) is 4.90 Å². The first-order chi connectivity index (χ1) is 19.6. The summed E-state index contributed by atoms with van der Waals surface area (Å²) in [6, 6.07) is 17.4. The second kappa shape index (κ2) is 12.4. The lowest BCUT2D eigenvalue weighted by molar-refractivity contribution is 0.0557. The number of sulfone groups is 1. The highest BCUT2D eigenvalue weighted by molar-refractivity contribution is 7.91. The number of nitrogens with zero attached hydrogens (tertiary/aromatic N) is 4. The van der Waals surface area contributed by atoms with Gasteiger partial charge in [-0.25, -0.2) is 8.42 Å². The molecule has 41 heavy (non-hydrogen) atoms. The van der Waals surface area contributed by atoms with E-state index in [4.69, 9.17) is 9.47 Å². The molecular weight excluding hydrogens is 544 g/mol. The normalized spacial score (nSPS) is 12.3. The molecule has 0 amide bonds. The van der Waals surface area contributed by atoms with Gasteiger partial charge in [0.25, 0.3) is 5.56 Å². The Balaban J connectivity index is 1.90. The van der Waals surface area contributed by atoms with E-state index in [-0.39, 0.29) is 30.0 Å². The first-order valence-electron chi connectivity index (χ1n) is 12.8. The minimum Gasteiger partial charge on any atom is -0.492 e. The second-order valence-electron chi connectivity index (χ2n) is 9.59. The molecular formula is C30H30N4O6S. The lowest BCUT2D eigenvalue weighted by atomic mass is 10.0. The topological polar surface area (TPSA) is 144 Å². The SMILES string of the molecule is COC[C@@H](c1cccc(C#N)c1)n1c(COC(C)C)nc(O)c(S(=O)(=O)c2ccc(-c3cccnc3C)cc2)c1=O. The fourth-order valence-corrected chi connectivity index (χ4v) is 5.81. The number of hydrogen-bond acceptors (Lipinski definition) is 9. The van der Waals surface area contributed by atoms with Gasteiger partial charge < -0.3 is 14.6 Å². The molecule has 0 saturated heterocycles. The van der Waals surface area contributed by atoms with Crippen LogP contribution in [0, 0.1) is 18.3 Å². The summed E-state index contributed by atoms with van der Waals surface area (Å²) in [6.45, 7) is 5.20. The van der Waals surface area contributed by atoms with E-state index in [2.05, 4.69) is 16.0 Å². The number of pyridine rings is 1. The highest BCUT2D eigenvalue weighted by Crippen LogP contribution is 2.30. The van der Waals surface area contributed by atoms with Crippen LogP contribution in [0.15, 0.2) is 81.4 Å². The molecule has 0 bridgehead atoms. The highest BCUT2D eigenvalue weighted by Gasteiger charge is 2.32. The van der Waals surface area contributed by atoms with E-state index in [1.165, 1.54) is 19.2 Å². The van der Waals surface area contributed by atoms with Gasteiger partial charge in [-0.15, -0.1) is 0 Å². The van der Waals surface area contributed by atoms with Crippen molar-refractivity contribution in [3.8, 4) is 23.1 Å². The van der Waals surface area contributed by atoms with E-state index in [1.54, 1.807) is 62.5 Å². The number of benzene rings is 2. The van der Waals surface area contributed by atoms with Crippen LogP contribution in [-0.2, 0) is 25.9 Å². The Morgan fingerprint density at radius 2 is 1.83 bits per heavy atom. The van der Waals surface area contributed by atoms with E-state index >= 15 is 0 Å². The molecule has 0 aliphatic carbocycles. The lowest BCUT2D eigenvalue weighted by Crippen LogP contribution is -2.35. The fraction of sp³-hybridized carbons (Fsp3) is 0.267. The van der Waals surface area contributed by atoms with Crippen LogP contribution >= 0.6 is 0 Å². The van der Waals surface area contributed by atoms with Crippen LogP contribution in [0.5, 0.6) is 5.88 Å². The average Bonchev–Trinajstić information content (AvgIpc) is 2.95. The standard InChI is InChI=1S/C30H30N4O6S/c1-19(2)40-18-27-33-29(35)28(30(36)34(27)26(17-39-4)23-8-5-7-21(15-23)16-31)41(37,38)24-12-10-22(11-13-24)25-9-6-14-32-20(25)3/h5-15,19,26,35H,17-18H2,1-4H3/t26-/m0/s1. The van der Waals surface area contributed by atoms with E-state index in [0.717, 1.165) is 21.4 Å². The Labute approximate surface area is 238 Å². The van der Waals surface area contributed by atoms with Crippen molar-refractivity contribution in [1.29, 1.82) is 5.26 Å². The molecule has 0 radical (unpaired) electrons. The number of ether oxygens (including phenoxy) is 2. The Kier molecular flexibility index (Phi) is 8.98. The Hall–Kier alpha value is -4.37. The minimum absolute atomic E-state index is 0.00645. The van der Waals surface area contributed by atoms with Crippen molar-refractivity contribution in [2.45, 2.75) is 49.3 Å². The first kappa shape index (κ1) is 29.6. The zero-order chi connectivity index (χ0) is 29.7. The highest BCUT2D eigenvalue weighted by atomic mass is 32.2. The molecule has 0 aliphatic rings. The van der Waals surface area contributed by atoms with Crippen LogP contribution in [0.25, 0.3) is 11.1 Å². The number of rotatable bonds is 10. The molecule has 0 saturated carbocycles.